The molecule has 0 aromatic heterocycles. The molecule has 0 saturated heterocycles. The van der Waals surface area contributed by atoms with Crippen LogP contribution in [0.2, 0.25) is 10.0 Å². The zero-order valence-electron chi connectivity index (χ0n) is 15.2. The normalized spacial score (nSPS) is 17.1. The molecule has 3 aromatic carbocycles. The van der Waals surface area contributed by atoms with E-state index in [0.717, 1.165) is 0 Å². The summed E-state index contributed by atoms with van der Waals surface area (Å²) in [6.45, 7) is 0. The molecule has 2 N–H and O–H groups in total. The molecule has 0 atom stereocenters. The molecule has 0 saturated carbocycles. The van der Waals surface area contributed by atoms with Gasteiger partial charge in [0.25, 0.3) is 11.8 Å². The lowest BCUT2D eigenvalue weighted by atomic mass is 10.1. The van der Waals surface area contributed by atoms with Crippen LogP contribution in [-0.2, 0) is 9.59 Å². The fourth-order valence-electron chi connectivity index (χ4n) is 3.36. The van der Waals surface area contributed by atoms with Crippen molar-refractivity contribution >= 4 is 69.2 Å². The molecular weight excluding hydrogens is 423 g/mol. The number of amides is 2. The fourth-order valence-corrected chi connectivity index (χ4v) is 3.77. The van der Waals surface area contributed by atoms with E-state index in [1.165, 1.54) is 12.1 Å². The second-order valence-electron chi connectivity index (χ2n) is 6.68. The van der Waals surface area contributed by atoms with Crippen molar-refractivity contribution in [1.82, 2.24) is 0 Å². The first kappa shape index (κ1) is 18.5. The van der Waals surface area contributed by atoms with E-state index in [2.05, 4.69) is 20.6 Å². The minimum Gasteiger partial charge on any atom is -0.320 e. The molecule has 5 rings (SSSR count). The highest BCUT2D eigenvalue weighted by molar-refractivity contribution is 6.55. The molecule has 0 bridgehead atoms. The van der Waals surface area contributed by atoms with Crippen LogP contribution in [0.25, 0.3) is 0 Å². The van der Waals surface area contributed by atoms with Crippen LogP contribution in [0.3, 0.4) is 0 Å². The number of nitrogens with zero attached hydrogens (tertiary/aromatic N) is 2. The topological polar surface area (TPSA) is 82.9 Å². The maximum Gasteiger partial charge on any atom is 0.275 e. The number of rotatable bonds is 2. The maximum absolute atomic E-state index is 12.3. The van der Waals surface area contributed by atoms with Crippen molar-refractivity contribution in [2.75, 3.05) is 10.6 Å². The molecule has 2 aliphatic heterocycles. The minimum absolute atomic E-state index is 0.256. The summed E-state index contributed by atoms with van der Waals surface area (Å²) in [5.74, 6) is -0.626. The molecule has 146 valence electrons. The summed E-state index contributed by atoms with van der Waals surface area (Å²) in [7, 11) is 0. The summed E-state index contributed by atoms with van der Waals surface area (Å²) in [5.41, 5.74) is 3.96. The van der Waals surface area contributed by atoms with E-state index in [1.54, 1.807) is 24.3 Å². The summed E-state index contributed by atoms with van der Waals surface area (Å²) >= 11 is 12.8. The first-order chi connectivity index (χ1) is 14.5. The smallest absolute Gasteiger partial charge is 0.275 e. The van der Waals surface area contributed by atoms with Gasteiger partial charge in [-0.05, 0) is 24.3 Å². The molecule has 6 nitrogen and oxygen atoms in total. The lowest BCUT2D eigenvalue weighted by Crippen LogP contribution is -2.14. The Bertz CT molecular complexity index is 1210. The predicted molar refractivity (Wildman–Crippen MR) is 119 cm³/mol. The molecular formula is C22H12Cl2N4O2. The number of carbonyl (C=O) groups is 2. The number of anilines is 2. The highest BCUT2D eigenvalue weighted by Gasteiger charge is 2.27. The first-order valence-corrected chi connectivity index (χ1v) is 9.75. The van der Waals surface area contributed by atoms with Crippen LogP contribution in [0.15, 0.2) is 70.6 Å². The van der Waals surface area contributed by atoms with Gasteiger partial charge in [0.05, 0.1) is 32.8 Å². The number of benzene rings is 3. The highest BCUT2D eigenvalue weighted by atomic mass is 35.5. The summed E-state index contributed by atoms with van der Waals surface area (Å²) < 4.78 is 0. The minimum atomic E-state index is -0.313. The Labute approximate surface area is 181 Å². The molecule has 2 amide bonds. The highest BCUT2D eigenvalue weighted by Crippen LogP contribution is 2.38. The lowest BCUT2D eigenvalue weighted by Gasteiger charge is -2.05. The zero-order chi connectivity index (χ0) is 20.8. The summed E-state index contributed by atoms with van der Waals surface area (Å²) in [6.07, 6.45) is 0. The number of carbonyl (C=O) groups excluding carboxylic acids is 2. The average molecular weight is 435 g/mol. The molecule has 3 aromatic rings. The van der Waals surface area contributed by atoms with Crippen LogP contribution < -0.4 is 10.6 Å². The van der Waals surface area contributed by atoms with Gasteiger partial charge in [-0.3, -0.25) is 9.59 Å². The first-order valence-electron chi connectivity index (χ1n) is 8.99. The van der Waals surface area contributed by atoms with Crippen LogP contribution in [0.4, 0.5) is 22.7 Å². The number of halogens is 2. The number of fused-ring (bicyclic) bond motifs is 2. The monoisotopic (exact) mass is 434 g/mol. The average Bonchev–Trinajstić information content (AvgIpc) is 3.22. The molecule has 2 heterocycles. The quantitative estimate of drug-likeness (QED) is 0.585. The molecule has 8 heteroatoms. The van der Waals surface area contributed by atoms with E-state index in [0.29, 0.717) is 33.9 Å². The van der Waals surface area contributed by atoms with E-state index in [4.69, 9.17) is 23.2 Å². The largest absolute Gasteiger partial charge is 0.320 e. The van der Waals surface area contributed by atoms with Crippen molar-refractivity contribution in [3.8, 4) is 0 Å². The lowest BCUT2D eigenvalue weighted by molar-refractivity contribution is -0.110. The number of hydrogen-bond donors (Lipinski definition) is 2. The van der Waals surface area contributed by atoms with Gasteiger partial charge in [-0.1, -0.05) is 59.6 Å². The molecule has 0 spiro atoms. The standard InChI is InChI=1S/C22H12Cl2N4O2/c23-13-10-18(26-20-12-6-2-4-8-16(12)28-22(20)30)14(24)9-17(13)25-19-11-5-1-3-7-15(11)27-21(19)29/h1-10H,(H,25,27,29)(H,26,28,30). The van der Waals surface area contributed by atoms with Crippen LogP contribution in [0.5, 0.6) is 0 Å². The van der Waals surface area contributed by atoms with Gasteiger partial charge >= 0.3 is 0 Å². The van der Waals surface area contributed by atoms with Crippen LogP contribution >= 0.6 is 23.2 Å². The Balaban J connectivity index is 1.56. The predicted octanol–water partition coefficient (Wildman–Crippen LogP) is 5.14. The Morgan fingerprint density at radius 3 is 1.47 bits per heavy atom. The third-order valence-corrected chi connectivity index (χ3v) is 5.38. The molecule has 30 heavy (non-hydrogen) atoms. The molecule has 2 aliphatic rings. The van der Waals surface area contributed by atoms with Gasteiger partial charge in [0.15, 0.2) is 0 Å². The second kappa shape index (κ2) is 7.09. The van der Waals surface area contributed by atoms with E-state index in [9.17, 15) is 9.59 Å². The zero-order valence-corrected chi connectivity index (χ0v) is 16.8. The Kier molecular flexibility index (Phi) is 4.38. The van der Waals surface area contributed by atoms with Gasteiger partial charge < -0.3 is 10.6 Å². The third kappa shape index (κ3) is 3.07. The number of aliphatic imine (C=N–C) groups is 2. The van der Waals surface area contributed by atoms with E-state index in [1.807, 2.05) is 24.3 Å². The van der Waals surface area contributed by atoms with Gasteiger partial charge in [0.1, 0.15) is 11.4 Å². The van der Waals surface area contributed by atoms with E-state index < -0.39 is 0 Å². The molecule has 0 unspecified atom stereocenters. The summed E-state index contributed by atoms with van der Waals surface area (Å²) in [5, 5.41) is 6.05. The Morgan fingerprint density at radius 1 is 0.633 bits per heavy atom. The van der Waals surface area contributed by atoms with Crippen LogP contribution in [0, 0.1) is 0 Å². The van der Waals surface area contributed by atoms with Gasteiger partial charge in [-0.2, -0.15) is 0 Å². The third-order valence-electron chi connectivity index (χ3n) is 4.77. The summed E-state index contributed by atoms with van der Waals surface area (Å²) in [4.78, 5) is 33.4. The summed E-state index contributed by atoms with van der Waals surface area (Å²) in [6, 6.07) is 17.6. The molecule has 0 radical (unpaired) electrons. The second-order valence-corrected chi connectivity index (χ2v) is 7.49. The number of nitrogens with one attached hydrogen (secondary N) is 2. The number of para-hydroxylation sites is 2. The Hall–Kier alpha value is -3.48. The van der Waals surface area contributed by atoms with Crippen molar-refractivity contribution in [3.63, 3.8) is 0 Å². The van der Waals surface area contributed by atoms with Crippen LogP contribution in [-0.4, -0.2) is 23.2 Å². The van der Waals surface area contributed by atoms with Crippen LogP contribution in [0.1, 0.15) is 11.1 Å². The van der Waals surface area contributed by atoms with Crippen molar-refractivity contribution < 1.29 is 9.59 Å². The van der Waals surface area contributed by atoms with Crippen molar-refractivity contribution in [2.45, 2.75) is 0 Å². The molecule has 0 fully saturated rings. The number of hydrogen-bond acceptors (Lipinski definition) is 4. The maximum atomic E-state index is 12.3. The Morgan fingerprint density at radius 2 is 1.03 bits per heavy atom. The van der Waals surface area contributed by atoms with E-state index >= 15 is 0 Å². The SMILES string of the molecule is O=C1Nc2ccccc2C1=Nc1cc(Cl)c(N=C2C(=O)Nc3ccccc32)cc1Cl. The van der Waals surface area contributed by atoms with Gasteiger partial charge in [0, 0.05) is 11.1 Å². The van der Waals surface area contributed by atoms with Crippen molar-refractivity contribution in [2.24, 2.45) is 9.98 Å². The van der Waals surface area contributed by atoms with E-state index in [-0.39, 0.29) is 33.3 Å². The fraction of sp³-hybridized carbons (Fsp3) is 0. The van der Waals surface area contributed by atoms with Gasteiger partial charge in [-0.25, -0.2) is 9.98 Å². The van der Waals surface area contributed by atoms with Gasteiger partial charge in [-0.15, -0.1) is 0 Å². The molecule has 0 aliphatic carbocycles. The van der Waals surface area contributed by atoms with Gasteiger partial charge in [0.2, 0.25) is 0 Å². The van der Waals surface area contributed by atoms with Crippen molar-refractivity contribution in [3.05, 3.63) is 81.8 Å². The van der Waals surface area contributed by atoms with Crippen molar-refractivity contribution in [1.29, 1.82) is 0 Å².